The van der Waals surface area contributed by atoms with Crippen LogP contribution in [0.2, 0.25) is 0 Å². The highest BCUT2D eigenvalue weighted by molar-refractivity contribution is 7.00. The van der Waals surface area contributed by atoms with Gasteiger partial charge in [-0.1, -0.05) is 341 Å². The fraction of sp³-hybridized carbons (Fsp3) is 0.105. The van der Waals surface area contributed by atoms with Crippen molar-refractivity contribution < 1.29 is 26.0 Å². The smallest absolute Gasteiger partial charge is 0.252 e. The molecule has 0 bridgehead atoms. The molecule has 0 radical (unpaired) electrons. The van der Waals surface area contributed by atoms with Gasteiger partial charge < -0.3 is 18.9 Å². The van der Waals surface area contributed by atoms with Gasteiger partial charge in [0.2, 0.25) is 0 Å². The Kier molecular flexibility index (Phi) is 13.1. The molecule has 119 heavy (non-hydrogen) atoms. The number of anilines is 6. The van der Waals surface area contributed by atoms with E-state index in [4.69, 9.17) is 0 Å². The second-order valence-corrected chi connectivity index (χ2v) is 34.1. The molecule has 2 aliphatic rings. The summed E-state index contributed by atoms with van der Waals surface area (Å²) in [5.74, 6) is 0. The van der Waals surface area contributed by atoms with Gasteiger partial charge in [0, 0.05) is 77.9 Å². The first-order valence-electron chi connectivity index (χ1n) is 49.9. The molecule has 0 amide bonds. The van der Waals surface area contributed by atoms with Gasteiger partial charge in [0.15, 0.2) is 0 Å². The molecule has 2 aromatic heterocycles. The van der Waals surface area contributed by atoms with Crippen LogP contribution in [0.15, 0.2) is 388 Å². The number of para-hydroxylation sites is 2. The highest BCUT2D eigenvalue weighted by Crippen LogP contribution is 2.57. The summed E-state index contributed by atoms with van der Waals surface area (Å²) >= 11 is 0. The minimum atomic E-state index is -1.63. The van der Waals surface area contributed by atoms with E-state index in [-0.39, 0.29) is 95.2 Å². The lowest BCUT2D eigenvalue weighted by molar-refractivity contribution is 0.590. The molecule has 5 heteroatoms. The summed E-state index contributed by atoms with van der Waals surface area (Å²) in [6.07, 6.45) is 0. The zero-order chi connectivity index (χ0) is 97.1. The van der Waals surface area contributed by atoms with Gasteiger partial charge in [-0.3, -0.25) is 0 Å². The Balaban J connectivity index is 1.02. The molecule has 570 valence electrons. The summed E-state index contributed by atoms with van der Waals surface area (Å²) in [4.78, 5) is 3.97. The molecule has 0 atom stereocenters. The highest BCUT2D eigenvalue weighted by atomic mass is 15.2. The molecule has 0 spiro atoms. The Bertz CT molecular complexity index is 8250. The lowest BCUT2D eigenvalue weighted by Gasteiger charge is -2.47. The molecule has 2 aliphatic heterocycles. The maximum absolute atomic E-state index is 12.2. The Labute approximate surface area is 725 Å². The Morgan fingerprint density at radius 2 is 0.571 bits per heavy atom. The largest absolute Gasteiger partial charge is 0.310 e. The first kappa shape index (κ1) is 54.8. The molecule has 0 aliphatic carbocycles. The average Bonchev–Trinajstić information content (AvgIpc) is 0.961. The van der Waals surface area contributed by atoms with Crippen molar-refractivity contribution in [3.8, 4) is 100 Å². The molecule has 19 aromatic rings. The quantitative estimate of drug-likeness (QED) is 0.113. The Morgan fingerprint density at radius 3 is 0.983 bits per heavy atom. The lowest BCUT2D eigenvalue weighted by Crippen LogP contribution is -2.61. The summed E-state index contributed by atoms with van der Waals surface area (Å²) in [7, 11) is 0. The first-order valence-corrected chi connectivity index (χ1v) is 40.4. The molecule has 0 fully saturated rings. The van der Waals surface area contributed by atoms with Crippen LogP contribution in [0.3, 0.4) is 0 Å². The van der Waals surface area contributed by atoms with Crippen molar-refractivity contribution in [3.63, 3.8) is 0 Å². The molecule has 17 aromatic carbocycles. The maximum Gasteiger partial charge on any atom is 0.252 e. The summed E-state index contributed by atoms with van der Waals surface area (Å²) in [6.45, 7) is 17.4. The summed E-state index contributed by atoms with van der Waals surface area (Å²) in [5.41, 5.74) is 9.81. The predicted molar refractivity (Wildman–Crippen MR) is 509 cm³/mol. The first-order chi connectivity index (χ1) is 65.9. The lowest BCUT2D eigenvalue weighted by atomic mass is 9.33. The van der Waals surface area contributed by atoms with E-state index in [0.717, 1.165) is 44.5 Å². The zero-order valence-corrected chi connectivity index (χ0v) is 67.3. The fourth-order valence-electron chi connectivity index (χ4n) is 17.4. The fourth-order valence-corrected chi connectivity index (χ4v) is 17.4. The molecular weight excluding hydrogens is 1440 g/mol. The van der Waals surface area contributed by atoms with Crippen molar-refractivity contribution in [3.05, 3.63) is 404 Å². The molecule has 4 nitrogen and oxygen atoms in total. The van der Waals surface area contributed by atoms with Crippen molar-refractivity contribution >= 4 is 101 Å². The number of aromatic nitrogens is 2. The van der Waals surface area contributed by atoms with E-state index in [1.54, 1.807) is 54.6 Å². The SMILES string of the molecule is [2H]c1c([2H])c(-n2c3c([2H])cc(-c4ccccc4)c([2H])c3c3c([2H])c([2H])c([2H])c([2H])c32)c([2H])c2c1B1c3c(cc(C(C)(C)C)cc3N(c3c(-c4cccc(-c5ccccc5)c4)cc(C(C)(C)C)cc3-c3cccc(-c4ccccc4)c3)c3c([2H])c(-n4c5c([2H])c([2H])c([2H])c([2H])c5c5c([2H])c(-c6ccccc6)c([2H])c([2H])c54)c([2H])c([2H])c31)N2c1c(-c2ccccc2)cc(C(C)(C)C)cc1-c1ccccc1. The number of fused-ring (bicyclic) bond motifs is 10. The number of hydrogen-bond acceptors (Lipinski definition) is 2. The number of rotatable bonds is 12. The molecule has 0 saturated heterocycles. The predicted octanol–water partition coefficient (Wildman–Crippen LogP) is 29.2. The second-order valence-electron chi connectivity index (χ2n) is 34.1. The second kappa shape index (κ2) is 28.4. The number of hydrogen-bond donors (Lipinski definition) is 0. The summed E-state index contributed by atoms with van der Waals surface area (Å²) < 4.78 is 204. The van der Waals surface area contributed by atoms with Crippen molar-refractivity contribution in [2.24, 2.45) is 0 Å². The Hall–Kier alpha value is -14.0. The van der Waals surface area contributed by atoms with Gasteiger partial charge in [0.05, 0.1) is 59.5 Å². The molecular formula is C114H91BN4. The molecule has 4 heterocycles. The maximum atomic E-state index is 12.2. The van der Waals surface area contributed by atoms with Gasteiger partial charge in [0.1, 0.15) is 0 Å². The molecule has 0 N–H and O–H groups in total. The van der Waals surface area contributed by atoms with Gasteiger partial charge in [-0.25, -0.2) is 0 Å². The van der Waals surface area contributed by atoms with Crippen LogP contribution in [0.5, 0.6) is 0 Å². The highest BCUT2D eigenvalue weighted by Gasteiger charge is 2.47. The van der Waals surface area contributed by atoms with Crippen LogP contribution in [0.25, 0.3) is 144 Å². The van der Waals surface area contributed by atoms with Crippen LogP contribution < -0.4 is 26.2 Å². The zero-order valence-electron chi connectivity index (χ0n) is 86.3. The number of nitrogens with zero attached hydrogens (tertiary/aromatic N) is 4. The average molecular weight is 1550 g/mol. The van der Waals surface area contributed by atoms with Crippen molar-refractivity contribution in [1.29, 1.82) is 0 Å². The van der Waals surface area contributed by atoms with E-state index in [1.165, 1.54) is 15.2 Å². The van der Waals surface area contributed by atoms with Gasteiger partial charge in [-0.2, -0.15) is 0 Å². The monoisotopic (exact) mass is 1550 g/mol. The van der Waals surface area contributed by atoms with Crippen LogP contribution in [0.4, 0.5) is 34.1 Å². The van der Waals surface area contributed by atoms with Gasteiger partial charge in [0.25, 0.3) is 6.71 Å². The van der Waals surface area contributed by atoms with Gasteiger partial charge in [-0.05, 0) is 225 Å². The third kappa shape index (κ3) is 12.5. The number of benzene rings is 17. The Morgan fingerprint density at radius 1 is 0.244 bits per heavy atom. The van der Waals surface area contributed by atoms with Crippen molar-refractivity contribution in [2.45, 2.75) is 78.6 Å². The summed E-state index contributed by atoms with van der Waals surface area (Å²) in [6, 6.07) is 77.0. The minimum Gasteiger partial charge on any atom is -0.310 e. The van der Waals surface area contributed by atoms with Crippen LogP contribution >= 0.6 is 0 Å². The third-order valence-electron chi connectivity index (χ3n) is 23.5. The van der Waals surface area contributed by atoms with E-state index in [1.807, 2.05) is 174 Å². The molecule has 21 rings (SSSR count). The van der Waals surface area contributed by atoms with Crippen LogP contribution in [-0.4, -0.2) is 15.8 Å². The van der Waals surface area contributed by atoms with Crippen LogP contribution in [0, 0.1) is 0 Å². The topological polar surface area (TPSA) is 16.3 Å². The molecule has 0 unspecified atom stereocenters. The van der Waals surface area contributed by atoms with Crippen LogP contribution in [0.1, 0.15) is 105 Å². The van der Waals surface area contributed by atoms with Crippen molar-refractivity contribution in [1.82, 2.24) is 9.13 Å². The van der Waals surface area contributed by atoms with E-state index >= 15 is 0 Å². The van der Waals surface area contributed by atoms with Gasteiger partial charge in [-0.15, -0.1) is 0 Å². The van der Waals surface area contributed by atoms with Crippen molar-refractivity contribution in [2.75, 3.05) is 9.80 Å². The third-order valence-corrected chi connectivity index (χ3v) is 23.5. The van der Waals surface area contributed by atoms with Crippen LogP contribution in [-0.2, 0) is 16.2 Å². The standard InChI is InChI=1S/C114H91BN4/c1-112(2,3)86-66-93(78-42-24-14-25-43-78)110(94(67-86)79-44-26-15-27-45-79)118-105-72-89(116-101-52-30-28-50-91(101)97-64-82(54-60-103(97)116)76-38-20-12-21-39-76)56-58-99(105)115-100-59-57-90(117-102-53-31-29-51-92(102)98-65-83(55-61-104(98)117)77-40-22-13-23-41-77)73-106(100)119(108-71-88(114(7,8)9)70-107(118)109(108)115)111-95(84-48-32-46-80(62-84)74-34-16-10-17-35-74)68-87(113(4,5)6)69-96(111)85-49-33-47-81(63-85)75-36-18-11-19-37-75/h10-73H,1-9H3/i28D,29D,30D,31D,50D,51D,52D,53D,55D,56D,57D,58D,59D,60D,61D,64D,65D,72D,73D. The normalized spacial score (nSPS) is 14.9. The van der Waals surface area contributed by atoms with E-state index in [2.05, 4.69) is 111 Å². The van der Waals surface area contributed by atoms with Gasteiger partial charge >= 0.3 is 0 Å². The van der Waals surface area contributed by atoms with E-state index in [0.29, 0.717) is 78.3 Å². The summed E-state index contributed by atoms with van der Waals surface area (Å²) in [5, 5.41) is -0.684. The van der Waals surface area contributed by atoms with E-state index < -0.39 is 131 Å². The molecule has 0 saturated carbocycles. The van der Waals surface area contributed by atoms with E-state index in [9.17, 15) is 26.0 Å². The minimum absolute atomic E-state index is 0.0251.